The molecule has 2 heterocycles. The molecule has 0 aromatic heterocycles. The summed E-state index contributed by atoms with van der Waals surface area (Å²) in [7, 11) is 0. The van der Waals surface area contributed by atoms with Gasteiger partial charge in [-0.15, -0.1) is 0 Å². The molecule has 17 heteroatoms. The van der Waals surface area contributed by atoms with Gasteiger partial charge in [0.25, 0.3) is 6.21 Å². The first-order valence-corrected chi connectivity index (χ1v) is 18.5. The second kappa shape index (κ2) is 30.4. The molecule has 6 N–H and O–H groups in total. The maximum Gasteiger partial charge on any atom is 0.344 e. The lowest BCUT2D eigenvalue weighted by molar-refractivity contribution is -0.327. The first kappa shape index (κ1) is 49.0. The number of ether oxygens (including phenoxy) is 3. The summed E-state index contributed by atoms with van der Waals surface area (Å²) in [5.41, 5.74) is 24.3. The van der Waals surface area contributed by atoms with Gasteiger partial charge in [-0.1, -0.05) is 91.9 Å². The fourth-order valence-corrected chi connectivity index (χ4v) is 5.61. The summed E-state index contributed by atoms with van der Waals surface area (Å²) in [6, 6.07) is 0. The average molecular weight is 742 g/mol. The summed E-state index contributed by atoms with van der Waals surface area (Å²) in [4.78, 5) is 30.7. The van der Waals surface area contributed by atoms with Crippen molar-refractivity contribution in [1.29, 1.82) is 0 Å². The normalized spacial score (nSPS) is 27.9. The van der Waals surface area contributed by atoms with E-state index >= 15 is 0 Å². The van der Waals surface area contributed by atoms with Gasteiger partial charge in [0.05, 0.1) is 25.4 Å². The fourth-order valence-electron chi connectivity index (χ4n) is 5.61. The molecule has 0 saturated carbocycles. The molecular weight excluding hydrogens is 678 g/mol. The third-order valence-electron chi connectivity index (χ3n) is 8.89. The molecule has 0 spiro atoms. The molecule has 2 saturated heterocycles. The van der Waals surface area contributed by atoms with E-state index in [9.17, 15) is 35.1 Å². The Morgan fingerprint density at radius 1 is 0.712 bits per heavy atom. The minimum absolute atomic E-state index is 0.0755. The smallest absolute Gasteiger partial charge is 0.344 e. The van der Waals surface area contributed by atoms with Crippen molar-refractivity contribution in [3.8, 4) is 0 Å². The summed E-state index contributed by atoms with van der Waals surface area (Å²) < 4.78 is 16.9. The summed E-state index contributed by atoms with van der Waals surface area (Å²) in [6.45, 7) is 6.32. The van der Waals surface area contributed by atoms with Gasteiger partial charge in [-0.2, -0.15) is 14.4 Å². The average Bonchev–Trinajstić information content (AvgIpc) is 3.13. The van der Waals surface area contributed by atoms with Gasteiger partial charge in [0.2, 0.25) is 5.78 Å². The lowest BCUT2D eigenvalue weighted by atomic mass is 9.89. The lowest BCUT2D eigenvalue weighted by Gasteiger charge is -2.47. The third kappa shape index (κ3) is 19.7. The summed E-state index contributed by atoms with van der Waals surface area (Å²) in [5, 5.41) is 52.0. The number of nitrogens with one attached hydrogen (secondary N) is 1. The number of hydrogen-bond donors (Lipinski definition) is 6. The number of amides is 1. The van der Waals surface area contributed by atoms with Crippen LogP contribution in [0.15, 0.2) is 0 Å². The molecule has 10 atom stereocenters. The minimum atomic E-state index is -1.30. The molecule has 298 valence electrons. The number of carbonyl (C=O) groups is 2. The summed E-state index contributed by atoms with van der Waals surface area (Å²) in [6.07, 6.45) is 10.6. The Hall–Kier alpha value is -3.04. The maximum absolute atomic E-state index is 11.6. The van der Waals surface area contributed by atoms with Gasteiger partial charge >= 0.3 is 18.3 Å². The highest BCUT2D eigenvalue weighted by Gasteiger charge is 2.49. The summed E-state index contributed by atoms with van der Waals surface area (Å²) >= 11 is 0. The Morgan fingerprint density at radius 3 is 1.75 bits per heavy atom. The number of nitrogens with zero attached hydrogens (tertiary/aromatic N) is 6. The maximum atomic E-state index is 11.6. The Labute approximate surface area is 307 Å². The Morgan fingerprint density at radius 2 is 1.27 bits per heavy atom. The molecule has 1 amide bonds. The van der Waals surface area contributed by atoms with Crippen molar-refractivity contribution in [2.24, 2.45) is 11.8 Å². The number of aliphatic hydroxyl groups is 5. The van der Waals surface area contributed by atoms with E-state index in [4.69, 9.17) is 30.8 Å². The monoisotopic (exact) mass is 741 g/mol. The molecule has 4 unspecified atom stereocenters. The van der Waals surface area contributed by atoms with Crippen LogP contribution in [0.2, 0.25) is 0 Å². The Balaban J connectivity index is 0.000000927. The van der Waals surface area contributed by atoms with Crippen LogP contribution in [0.4, 0.5) is 0 Å². The van der Waals surface area contributed by atoms with Crippen molar-refractivity contribution in [3.05, 3.63) is 16.6 Å². The second-order valence-corrected chi connectivity index (χ2v) is 13.1. The molecule has 0 bridgehead atoms. The quantitative estimate of drug-likeness (QED) is 0.0432. The lowest BCUT2D eigenvalue weighted by Crippen LogP contribution is -2.63. The van der Waals surface area contributed by atoms with Gasteiger partial charge in [-0.3, -0.25) is 9.59 Å². The molecule has 17 nitrogen and oxygen atoms in total. The predicted octanol–water partition coefficient (Wildman–Crippen LogP) is 2.22. The number of rotatable bonds is 21. The fraction of sp³-hybridized carbons (Fsp3) is 0.857. The van der Waals surface area contributed by atoms with Crippen molar-refractivity contribution >= 4 is 30.3 Å². The van der Waals surface area contributed by atoms with E-state index in [0.717, 1.165) is 31.9 Å². The Bertz CT molecular complexity index is 1130. The largest absolute Gasteiger partial charge is 0.394 e. The second-order valence-electron chi connectivity index (χ2n) is 13.1. The predicted molar refractivity (Wildman–Crippen MR) is 191 cm³/mol. The SMILES string of the molecule is CC1[C@H](O[C@@H]2C(CO)O[C@@H](NC(=O)C=[N+]=[N-])C(C)[C@H]2O)OC(CO)[C@@H](O)[C@@H]1O.CCCC=[N+]=[N-].CCCCCCCCCCCCCC(=O)C=[N+]=[N-]. The number of unbranched alkanes of at least 4 members (excludes halogenated alkanes) is 11. The van der Waals surface area contributed by atoms with Crippen LogP contribution in [0, 0.1) is 11.8 Å². The van der Waals surface area contributed by atoms with E-state index in [1.54, 1.807) is 13.8 Å². The molecule has 0 aromatic carbocycles. The topological polar surface area (TPSA) is 284 Å². The van der Waals surface area contributed by atoms with Crippen LogP contribution in [0.3, 0.4) is 0 Å². The number of aliphatic hydroxyl groups excluding tert-OH is 5. The third-order valence-corrected chi connectivity index (χ3v) is 8.89. The first-order chi connectivity index (χ1) is 25.0. The molecule has 0 aliphatic carbocycles. The molecule has 2 fully saturated rings. The molecule has 52 heavy (non-hydrogen) atoms. The standard InChI is InChI=1S/C16H27N3O9.C15H28N2O.C4H8N2/c1-6-12(24)14(9(5-21)26-15(6)19-10(22)3-18-17)28-16-7(2)11(23)13(25)8(4-20)27-16;1-2-3-4-5-6-7-8-9-10-11-12-13-15(18)14-17-16;1-2-3-4-6-5/h3,6-9,11-16,20-21,23-25H,4-5H2,1-2H3,(H,19,22);14H,2-13H2,1H3;4H,2-3H2,1H3/t6?,7?,8?,9?,11-,12-,13-,14-,15-,16+;;/m1../s1. The van der Waals surface area contributed by atoms with E-state index in [2.05, 4.69) is 26.6 Å². The van der Waals surface area contributed by atoms with Gasteiger partial charge in [-0.25, -0.2) is 0 Å². The van der Waals surface area contributed by atoms with Crippen LogP contribution in [0.1, 0.15) is 118 Å². The van der Waals surface area contributed by atoms with Crippen LogP contribution in [-0.2, 0) is 23.8 Å². The van der Waals surface area contributed by atoms with Crippen molar-refractivity contribution in [2.75, 3.05) is 13.2 Å². The Kier molecular flexibility index (Phi) is 28.6. The van der Waals surface area contributed by atoms with Crippen LogP contribution in [0.5, 0.6) is 0 Å². The van der Waals surface area contributed by atoms with Crippen molar-refractivity contribution in [3.63, 3.8) is 0 Å². The van der Waals surface area contributed by atoms with Gasteiger partial charge < -0.3 is 61.7 Å². The molecule has 2 aliphatic heterocycles. The van der Waals surface area contributed by atoms with Crippen LogP contribution < -0.4 is 5.32 Å². The van der Waals surface area contributed by atoms with Crippen molar-refractivity contribution in [2.45, 2.75) is 167 Å². The van der Waals surface area contributed by atoms with Gasteiger partial charge in [0.15, 0.2) is 6.29 Å². The van der Waals surface area contributed by atoms with E-state index < -0.39 is 80.1 Å². The van der Waals surface area contributed by atoms with E-state index in [-0.39, 0.29) is 5.78 Å². The molecular formula is C35H63N7O10. The highest BCUT2D eigenvalue weighted by atomic mass is 16.7. The van der Waals surface area contributed by atoms with Crippen LogP contribution in [0.25, 0.3) is 16.6 Å². The highest BCUT2D eigenvalue weighted by molar-refractivity contribution is 6.25. The van der Waals surface area contributed by atoms with Gasteiger partial charge in [-0.05, 0) is 12.8 Å². The van der Waals surface area contributed by atoms with E-state index in [0.29, 0.717) is 12.6 Å². The zero-order chi connectivity index (χ0) is 39.3. The van der Waals surface area contributed by atoms with Gasteiger partial charge in [0.1, 0.15) is 30.6 Å². The van der Waals surface area contributed by atoms with Crippen molar-refractivity contribution in [1.82, 2.24) is 5.32 Å². The minimum Gasteiger partial charge on any atom is -0.394 e. The first-order valence-electron chi connectivity index (χ1n) is 18.5. The zero-order valence-electron chi connectivity index (χ0n) is 31.3. The van der Waals surface area contributed by atoms with E-state index in [1.807, 2.05) is 6.92 Å². The molecule has 0 aromatic rings. The van der Waals surface area contributed by atoms with Crippen molar-refractivity contribution < 1.29 is 63.7 Å². The van der Waals surface area contributed by atoms with Crippen LogP contribution >= 0.6 is 0 Å². The van der Waals surface area contributed by atoms with E-state index in [1.165, 1.54) is 64.0 Å². The van der Waals surface area contributed by atoms with Crippen LogP contribution in [-0.4, -0.2) is 133 Å². The number of ketones is 1. The zero-order valence-corrected chi connectivity index (χ0v) is 31.3. The van der Waals surface area contributed by atoms with Gasteiger partial charge in [0, 0.05) is 24.7 Å². The molecule has 2 rings (SSSR count). The number of Topliss-reactive ketones (excluding diaryl/α,β-unsaturated/α-hetero) is 1. The molecule has 0 radical (unpaired) electrons. The summed E-state index contributed by atoms with van der Waals surface area (Å²) in [5.74, 6) is -2.20. The molecule has 2 aliphatic rings. The highest BCUT2D eigenvalue weighted by Crippen LogP contribution is 2.32. The number of carbonyl (C=O) groups excluding carboxylic acids is 2. The number of hydrogen-bond acceptors (Lipinski definition) is 10.